The number of guanidine groups is 1. The van der Waals surface area contributed by atoms with E-state index in [1.165, 1.54) is 0 Å². The largest absolute Gasteiger partial charge is 0.493 e. The van der Waals surface area contributed by atoms with Gasteiger partial charge in [-0.05, 0) is 32.4 Å². The summed E-state index contributed by atoms with van der Waals surface area (Å²) in [6.07, 6.45) is 0. The molecule has 1 rings (SSSR count). The van der Waals surface area contributed by atoms with Crippen LogP contribution in [0.4, 0.5) is 10.5 Å². The Morgan fingerprint density at radius 2 is 2.00 bits per heavy atom. The molecule has 0 saturated heterocycles. The number of carbonyl (C=O) groups excluding carboxylic acids is 1. The van der Waals surface area contributed by atoms with E-state index in [1.807, 2.05) is 20.8 Å². The number of rotatable bonds is 4. The molecule has 0 aromatic heterocycles. The SMILES string of the molecule is CCN=C(N)NC(=O)Nc1c(C)cc(OC)c(OC)c1C. The summed E-state index contributed by atoms with van der Waals surface area (Å²) in [7, 11) is 3.12. The monoisotopic (exact) mass is 294 g/mol. The summed E-state index contributed by atoms with van der Waals surface area (Å²) in [5, 5.41) is 5.20. The summed E-state index contributed by atoms with van der Waals surface area (Å²) in [5.74, 6) is 1.27. The quantitative estimate of drug-likeness (QED) is 0.582. The van der Waals surface area contributed by atoms with E-state index in [-0.39, 0.29) is 5.96 Å². The molecule has 0 fully saturated rings. The van der Waals surface area contributed by atoms with Gasteiger partial charge in [-0.25, -0.2) is 4.79 Å². The number of aryl methyl sites for hydroxylation is 1. The number of ether oxygens (including phenoxy) is 2. The summed E-state index contributed by atoms with van der Waals surface area (Å²) in [4.78, 5) is 15.8. The Morgan fingerprint density at radius 1 is 1.33 bits per heavy atom. The topological polar surface area (TPSA) is 98.0 Å². The first-order valence-electron chi connectivity index (χ1n) is 6.54. The molecule has 1 aromatic rings. The summed E-state index contributed by atoms with van der Waals surface area (Å²) in [5.41, 5.74) is 7.82. The van der Waals surface area contributed by atoms with Crippen LogP contribution in [-0.2, 0) is 0 Å². The molecule has 7 nitrogen and oxygen atoms in total. The zero-order valence-electron chi connectivity index (χ0n) is 13.0. The van der Waals surface area contributed by atoms with Gasteiger partial charge in [-0.15, -0.1) is 0 Å². The molecule has 1 aromatic carbocycles. The molecule has 0 aliphatic rings. The number of urea groups is 1. The van der Waals surface area contributed by atoms with Crippen molar-refractivity contribution in [2.75, 3.05) is 26.1 Å². The maximum Gasteiger partial charge on any atom is 0.326 e. The molecule has 0 spiro atoms. The van der Waals surface area contributed by atoms with Crippen molar-refractivity contribution in [1.29, 1.82) is 0 Å². The molecular formula is C14H22N4O3. The van der Waals surface area contributed by atoms with Crippen molar-refractivity contribution >= 4 is 17.7 Å². The van der Waals surface area contributed by atoms with Gasteiger partial charge >= 0.3 is 6.03 Å². The Hall–Kier alpha value is -2.44. The summed E-state index contributed by atoms with van der Waals surface area (Å²) < 4.78 is 10.6. The number of methoxy groups -OCH3 is 2. The fourth-order valence-electron chi connectivity index (χ4n) is 2.00. The van der Waals surface area contributed by atoms with Crippen LogP contribution in [0.25, 0.3) is 0 Å². The smallest absolute Gasteiger partial charge is 0.326 e. The van der Waals surface area contributed by atoms with E-state index in [0.717, 1.165) is 11.1 Å². The summed E-state index contributed by atoms with van der Waals surface area (Å²) in [6.45, 7) is 6.04. The second kappa shape index (κ2) is 7.37. The fourth-order valence-corrected chi connectivity index (χ4v) is 2.00. The van der Waals surface area contributed by atoms with Gasteiger partial charge in [-0.3, -0.25) is 10.3 Å². The number of nitrogens with zero attached hydrogens (tertiary/aromatic N) is 1. The lowest BCUT2D eigenvalue weighted by Gasteiger charge is -2.17. The minimum atomic E-state index is -0.455. The predicted molar refractivity (Wildman–Crippen MR) is 83.3 cm³/mol. The number of hydrogen-bond acceptors (Lipinski definition) is 4. The van der Waals surface area contributed by atoms with Crippen LogP contribution in [0.15, 0.2) is 11.1 Å². The molecule has 4 N–H and O–H groups in total. The Bertz CT molecular complexity index is 556. The number of hydrogen-bond donors (Lipinski definition) is 3. The standard InChI is InChI=1S/C14H22N4O3/c1-6-16-13(15)18-14(19)17-11-8(2)7-10(20-4)12(21-5)9(11)3/h7H,6H2,1-5H3,(H4,15,16,17,18,19). The van der Waals surface area contributed by atoms with Crippen molar-refractivity contribution in [3.05, 3.63) is 17.2 Å². The molecule has 0 heterocycles. The minimum absolute atomic E-state index is 0.0748. The number of aliphatic imine (C=N–C) groups is 1. The second-order valence-electron chi connectivity index (χ2n) is 4.37. The average Bonchev–Trinajstić information content (AvgIpc) is 2.43. The Balaban J connectivity index is 3.03. The van der Waals surface area contributed by atoms with Crippen molar-refractivity contribution in [1.82, 2.24) is 5.32 Å². The van der Waals surface area contributed by atoms with Gasteiger partial charge in [0.25, 0.3) is 0 Å². The molecule has 0 aliphatic heterocycles. The average molecular weight is 294 g/mol. The second-order valence-corrected chi connectivity index (χ2v) is 4.37. The third kappa shape index (κ3) is 4.01. The molecule has 0 bridgehead atoms. The number of nitrogens with one attached hydrogen (secondary N) is 2. The molecular weight excluding hydrogens is 272 g/mol. The number of carbonyl (C=O) groups is 1. The fraction of sp³-hybridized carbons (Fsp3) is 0.429. The van der Waals surface area contributed by atoms with Crippen molar-refractivity contribution in [3.8, 4) is 11.5 Å². The van der Waals surface area contributed by atoms with E-state index < -0.39 is 6.03 Å². The molecule has 0 atom stereocenters. The molecule has 0 aliphatic carbocycles. The van der Waals surface area contributed by atoms with Crippen LogP contribution in [0.3, 0.4) is 0 Å². The van der Waals surface area contributed by atoms with E-state index in [0.29, 0.717) is 23.7 Å². The van der Waals surface area contributed by atoms with Crippen LogP contribution in [0.5, 0.6) is 11.5 Å². The van der Waals surface area contributed by atoms with Crippen molar-refractivity contribution in [3.63, 3.8) is 0 Å². The van der Waals surface area contributed by atoms with Crippen molar-refractivity contribution in [2.45, 2.75) is 20.8 Å². The van der Waals surface area contributed by atoms with Gasteiger partial charge in [-0.1, -0.05) is 0 Å². The van der Waals surface area contributed by atoms with Crippen LogP contribution < -0.4 is 25.8 Å². The van der Waals surface area contributed by atoms with E-state index >= 15 is 0 Å². The van der Waals surface area contributed by atoms with Crippen LogP contribution in [0.1, 0.15) is 18.1 Å². The van der Waals surface area contributed by atoms with E-state index in [2.05, 4.69) is 15.6 Å². The molecule has 7 heteroatoms. The minimum Gasteiger partial charge on any atom is -0.493 e. The number of anilines is 1. The van der Waals surface area contributed by atoms with Crippen molar-refractivity contribution < 1.29 is 14.3 Å². The maximum absolute atomic E-state index is 11.9. The lowest BCUT2D eigenvalue weighted by atomic mass is 10.1. The van der Waals surface area contributed by atoms with E-state index in [9.17, 15) is 4.79 Å². The molecule has 21 heavy (non-hydrogen) atoms. The highest BCUT2D eigenvalue weighted by Gasteiger charge is 2.16. The normalized spacial score (nSPS) is 11.0. The van der Waals surface area contributed by atoms with Crippen LogP contribution in [0.2, 0.25) is 0 Å². The molecule has 0 radical (unpaired) electrons. The zero-order valence-corrected chi connectivity index (χ0v) is 13.0. The molecule has 116 valence electrons. The van der Waals surface area contributed by atoms with Gasteiger partial charge in [0.2, 0.25) is 0 Å². The first-order chi connectivity index (χ1) is 9.94. The molecule has 2 amide bonds. The predicted octanol–water partition coefficient (Wildman–Crippen LogP) is 1.78. The Kier molecular flexibility index (Phi) is 5.83. The van der Waals surface area contributed by atoms with Gasteiger partial charge in [-0.2, -0.15) is 0 Å². The Morgan fingerprint density at radius 3 is 2.52 bits per heavy atom. The van der Waals surface area contributed by atoms with Crippen LogP contribution >= 0.6 is 0 Å². The Labute approximate surface area is 124 Å². The number of benzene rings is 1. The third-order valence-electron chi connectivity index (χ3n) is 2.91. The van der Waals surface area contributed by atoms with Gasteiger partial charge in [0, 0.05) is 12.1 Å². The molecule has 0 unspecified atom stereocenters. The van der Waals surface area contributed by atoms with E-state index in [1.54, 1.807) is 20.3 Å². The molecule has 0 saturated carbocycles. The highest BCUT2D eigenvalue weighted by atomic mass is 16.5. The zero-order chi connectivity index (χ0) is 16.0. The van der Waals surface area contributed by atoms with Crippen LogP contribution in [0, 0.1) is 13.8 Å². The lowest BCUT2D eigenvalue weighted by molar-refractivity contribution is 0.256. The maximum atomic E-state index is 11.9. The van der Waals surface area contributed by atoms with Gasteiger partial charge in [0.05, 0.1) is 19.9 Å². The van der Waals surface area contributed by atoms with Gasteiger partial charge in [0.1, 0.15) is 0 Å². The third-order valence-corrected chi connectivity index (χ3v) is 2.91. The van der Waals surface area contributed by atoms with Gasteiger partial charge in [0.15, 0.2) is 17.5 Å². The summed E-state index contributed by atoms with van der Waals surface area (Å²) in [6, 6.07) is 1.34. The highest BCUT2D eigenvalue weighted by Crippen LogP contribution is 2.37. The first-order valence-corrected chi connectivity index (χ1v) is 6.54. The summed E-state index contributed by atoms with van der Waals surface area (Å²) >= 11 is 0. The number of amides is 2. The van der Waals surface area contributed by atoms with Gasteiger partial charge < -0.3 is 20.5 Å². The first kappa shape index (κ1) is 16.6. The van der Waals surface area contributed by atoms with E-state index in [4.69, 9.17) is 15.2 Å². The number of nitrogens with two attached hydrogens (primary N) is 1. The highest BCUT2D eigenvalue weighted by molar-refractivity contribution is 6.02. The van der Waals surface area contributed by atoms with Crippen LogP contribution in [-0.4, -0.2) is 32.8 Å². The van der Waals surface area contributed by atoms with Crippen molar-refractivity contribution in [2.24, 2.45) is 10.7 Å². The lowest BCUT2D eigenvalue weighted by Crippen LogP contribution is -2.39.